The number of anilines is 1. The van der Waals surface area contributed by atoms with Gasteiger partial charge in [-0.1, -0.05) is 17.7 Å². The number of nitrogens with zero attached hydrogens (tertiary/aromatic N) is 4. The number of hydrogen-bond donors (Lipinski definition) is 3. The van der Waals surface area contributed by atoms with Crippen LogP contribution in [0.25, 0.3) is 0 Å². The second-order valence-corrected chi connectivity index (χ2v) is 5.14. The van der Waals surface area contributed by atoms with Crippen LogP contribution in [0.3, 0.4) is 0 Å². The van der Waals surface area contributed by atoms with Crippen molar-refractivity contribution in [3.8, 4) is 11.8 Å². The van der Waals surface area contributed by atoms with E-state index in [4.69, 9.17) is 16.1 Å². The molecule has 0 atom stereocenters. The van der Waals surface area contributed by atoms with Gasteiger partial charge in [0, 0.05) is 13.2 Å². The third-order valence-electron chi connectivity index (χ3n) is 3.40. The number of aromatic hydroxyl groups is 1. The fourth-order valence-corrected chi connectivity index (χ4v) is 2.08. The number of aromatic nitrogens is 1. The number of nitriles is 1. The largest absolute Gasteiger partial charge is 0.504 e. The van der Waals surface area contributed by atoms with E-state index in [1.165, 1.54) is 0 Å². The van der Waals surface area contributed by atoms with Gasteiger partial charge in [-0.05, 0) is 25.5 Å². The maximum atomic E-state index is 12.2. The Morgan fingerprint density at radius 2 is 1.96 bits per heavy atom. The minimum absolute atomic E-state index is 0.100. The molecule has 1 aromatic carbocycles. The van der Waals surface area contributed by atoms with Crippen LogP contribution in [-0.2, 0) is 6.54 Å². The summed E-state index contributed by atoms with van der Waals surface area (Å²) in [4.78, 5) is 12.2. The zero-order valence-corrected chi connectivity index (χ0v) is 13.1. The van der Waals surface area contributed by atoms with E-state index in [0.717, 1.165) is 10.1 Å². The predicted molar refractivity (Wildman–Crippen MR) is 88.6 cm³/mol. The Labute approximate surface area is 138 Å². The van der Waals surface area contributed by atoms with Crippen molar-refractivity contribution >= 4 is 17.2 Å². The number of hydrogen-bond acceptors (Lipinski definition) is 7. The van der Waals surface area contributed by atoms with E-state index in [0.29, 0.717) is 5.69 Å². The molecule has 0 unspecified atom stereocenters. The van der Waals surface area contributed by atoms with Gasteiger partial charge in [-0.25, -0.2) is 0 Å². The fraction of sp³-hybridized carbons (Fsp3) is 0.250. The summed E-state index contributed by atoms with van der Waals surface area (Å²) in [7, 11) is 0. The number of rotatable bonds is 5. The predicted octanol–water partition coefficient (Wildman–Crippen LogP) is 2.11. The summed E-state index contributed by atoms with van der Waals surface area (Å²) in [6.45, 7) is 1.89. The molecule has 1 heterocycles. The van der Waals surface area contributed by atoms with E-state index >= 15 is 0 Å². The molecule has 8 nitrogen and oxygen atoms in total. The van der Waals surface area contributed by atoms with Crippen LogP contribution in [-0.4, -0.2) is 21.4 Å². The topological polar surface area (TPSA) is 137 Å². The first kappa shape index (κ1) is 17.2. The summed E-state index contributed by atoms with van der Waals surface area (Å²) in [6.07, 6.45) is 0.272. The SMILES string of the molecule is Cc1ccc(N=Nc2c(O)c(C#N)c(=O)n(CCCO)c2N)cc1. The molecule has 0 spiro atoms. The third kappa shape index (κ3) is 3.42. The zero-order chi connectivity index (χ0) is 17.7. The summed E-state index contributed by atoms with van der Waals surface area (Å²) in [5, 5.41) is 36.0. The van der Waals surface area contributed by atoms with Crippen LogP contribution in [0.15, 0.2) is 39.3 Å². The summed E-state index contributed by atoms with van der Waals surface area (Å²) in [6, 6.07) is 8.82. The standard InChI is InChI=1S/C16H17N5O3/c1-10-3-5-11(6-4-10)19-20-13-14(23)12(9-17)16(24)21(15(13)18)7-2-8-22/h3-6,22-23H,2,7-8,18H2,1H3. The maximum Gasteiger partial charge on any atom is 0.273 e. The molecule has 24 heavy (non-hydrogen) atoms. The Hall–Kier alpha value is -3.18. The number of nitrogen functional groups attached to an aromatic ring is 1. The first-order valence-corrected chi connectivity index (χ1v) is 7.24. The molecule has 0 fully saturated rings. The van der Waals surface area contributed by atoms with Crippen LogP contribution in [0.5, 0.6) is 5.75 Å². The van der Waals surface area contributed by atoms with Crippen LogP contribution < -0.4 is 11.3 Å². The van der Waals surface area contributed by atoms with Crippen molar-refractivity contribution in [1.29, 1.82) is 5.26 Å². The zero-order valence-electron chi connectivity index (χ0n) is 13.1. The summed E-state index contributed by atoms with van der Waals surface area (Å²) in [5.41, 5.74) is 6.15. The minimum atomic E-state index is -0.727. The molecule has 0 saturated heterocycles. The van der Waals surface area contributed by atoms with E-state index in [1.807, 2.05) is 19.1 Å². The van der Waals surface area contributed by atoms with Gasteiger partial charge in [-0.15, -0.1) is 5.11 Å². The Morgan fingerprint density at radius 1 is 1.29 bits per heavy atom. The van der Waals surface area contributed by atoms with Gasteiger partial charge < -0.3 is 15.9 Å². The first-order valence-electron chi connectivity index (χ1n) is 7.24. The first-order chi connectivity index (χ1) is 11.5. The molecule has 0 aliphatic rings. The van der Waals surface area contributed by atoms with Gasteiger partial charge >= 0.3 is 0 Å². The molecule has 8 heteroatoms. The molecule has 124 valence electrons. The lowest BCUT2D eigenvalue weighted by Gasteiger charge is -2.12. The van der Waals surface area contributed by atoms with E-state index in [-0.39, 0.29) is 31.1 Å². The highest BCUT2D eigenvalue weighted by Gasteiger charge is 2.19. The van der Waals surface area contributed by atoms with Crippen LogP contribution in [0.2, 0.25) is 0 Å². The van der Waals surface area contributed by atoms with Crippen molar-refractivity contribution in [3.63, 3.8) is 0 Å². The lowest BCUT2D eigenvalue weighted by molar-refractivity contribution is 0.279. The number of nitrogens with two attached hydrogens (primary N) is 1. The van der Waals surface area contributed by atoms with Crippen LogP contribution in [0, 0.1) is 18.3 Å². The molecule has 1 aromatic heterocycles. The summed E-state index contributed by atoms with van der Waals surface area (Å²) < 4.78 is 1.10. The lowest BCUT2D eigenvalue weighted by Crippen LogP contribution is -2.25. The van der Waals surface area contributed by atoms with Gasteiger partial charge in [-0.2, -0.15) is 10.4 Å². The average molecular weight is 327 g/mol. The number of azo groups is 1. The van der Waals surface area contributed by atoms with Gasteiger partial charge in [0.25, 0.3) is 5.56 Å². The molecule has 0 aliphatic carbocycles. The Morgan fingerprint density at radius 3 is 2.54 bits per heavy atom. The van der Waals surface area contributed by atoms with Gasteiger partial charge in [0.1, 0.15) is 11.9 Å². The van der Waals surface area contributed by atoms with Gasteiger partial charge in [0.15, 0.2) is 17.0 Å². The van der Waals surface area contributed by atoms with Crippen LogP contribution in [0.1, 0.15) is 17.5 Å². The monoisotopic (exact) mass is 327 g/mol. The Bertz CT molecular complexity index is 863. The van der Waals surface area contributed by atoms with Crippen molar-refractivity contribution in [1.82, 2.24) is 4.57 Å². The van der Waals surface area contributed by atoms with E-state index in [1.54, 1.807) is 18.2 Å². The number of aliphatic hydroxyl groups is 1. The molecule has 2 rings (SSSR count). The number of aliphatic hydroxyl groups excluding tert-OH is 1. The normalized spacial score (nSPS) is 10.9. The number of benzene rings is 1. The molecule has 0 bridgehead atoms. The van der Waals surface area contributed by atoms with Crippen LogP contribution in [0.4, 0.5) is 17.2 Å². The molecule has 0 radical (unpaired) electrons. The second-order valence-electron chi connectivity index (χ2n) is 5.14. The average Bonchev–Trinajstić information content (AvgIpc) is 2.57. The Balaban J connectivity index is 2.54. The molecule has 0 saturated carbocycles. The highest BCUT2D eigenvalue weighted by molar-refractivity contribution is 5.70. The minimum Gasteiger partial charge on any atom is -0.504 e. The molecular formula is C16H17N5O3. The van der Waals surface area contributed by atoms with E-state index in [2.05, 4.69) is 10.2 Å². The molecular weight excluding hydrogens is 310 g/mol. The highest BCUT2D eigenvalue weighted by Crippen LogP contribution is 2.35. The maximum absolute atomic E-state index is 12.2. The van der Waals surface area contributed by atoms with Crippen molar-refractivity contribution in [2.45, 2.75) is 19.9 Å². The fourth-order valence-electron chi connectivity index (χ4n) is 2.08. The van der Waals surface area contributed by atoms with Crippen LogP contribution >= 0.6 is 0 Å². The molecule has 0 amide bonds. The number of pyridine rings is 1. The van der Waals surface area contributed by atoms with Crippen molar-refractivity contribution in [3.05, 3.63) is 45.7 Å². The van der Waals surface area contributed by atoms with Crippen molar-refractivity contribution in [2.24, 2.45) is 10.2 Å². The smallest absolute Gasteiger partial charge is 0.273 e. The second kappa shape index (κ2) is 7.39. The summed E-state index contributed by atoms with van der Waals surface area (Å²) in [5.74, 6) is -0.711. The third-order valence-corrected chi connectivity index (χ3v) is 3.40. The number of aryl methyl sites for hydroxylation is 1. The van der Waals surface area contributed by atoms with Crippen molar-refractivity contribution in [2.75, 3.05) is 12.3 Å². The summed E-state index contributed by atoms with van der Waals surface area (Å²) >= 11 is 0. The van der Waals surface area contributed by atoms with E-state index in [9.17, 15) is 9.90 Å². The van der Waals surface area contributed by atoms with Gasteiger partial charge in [0.05, 0.1) is 5.69 Å². The molecule has 4 N–H and O–H groups in total. The van der Waals surface area contributed by atoms with Crippen molar-refractivity contribution < 1.29 is 10.2 Å². The quantitative estimate of drug-likeness (QED) is 0.722. The highest BCUT2D eigenvalue weighted by atomic mass is 16.3. The van der Waals surface area contributed by atoms with Gasteiger partial charge in [-0.3, -0.25) is 9.36 Å². The van der Waals surface area contributed by atoms with E-state index < -0.39 is 16.9 Å². The lowest BCUT2D eigenvalue weighted by atomic mass is 10.2. The Kier molecular flexibility index (Phi) is 5.29. The molecule has 0 aliphatic heterocycles. The molecule has 2 aromatic rings. The van der Waals surface area contributed by atoms with Gasteiger partial charge in [0.2, 0.25) is 0 Å².